The van der Waals surface area contributed by atoms with Crippen LogP contribution in [0.25, 0.3) is 0 Å². The summed E-state index contributed by atoms with van der Waals surface area (Å²) in [5.74, 6) is 0. The van der Waals surface area contributed by atoms with Crippen molar-refractivity contribution in [3.8, 4) is 0 Å². The van der Waals surface area contributed by atoms with Gasteiger partial charge in [0, 0.05) is 37.8 Å². The first-order chi connectivity index (χ1) is 5.97. The third kappa shape index (κ3) is 4.60. The van der Waals surface area contributed by atoms with Crippen LogP contribution in [-0.2, 0) is 0 Å². The Bertz CT molecular complexity index is 151. The Morgan fingerprint density at radius 3 is 2.69 bits per heavy atom. The van der Waals surface area contributed by atoms with Gasteiger partial charge in [-0.05, 0) is 27.8 Å². The number of rotatable bonds is 2. The highest BCUT2D eigenvalue weighted by molar-refractivity contribution is 4.81. The van der Waals surface area contributed by atoms with E-state index in [4.69, 9.17) is 0 Å². The molecule has 3 nitrogen and oxygen atoms in total. The molecule has 13 heavy (non-hydrogen) atoms. The van der Waals surface area contributed by atoms with Crippen LogP contribution in [0.1, 0.15) is 20.8 Å². The summed E-state index contributed by atoms with van der Waals surface area (Å²) in [4.78, 5) is 2.38. The maximum absolute atomic E-state index is 3.52. The highest BCUT2D eigenvalue weighted by atomic mass is 15.2. The van der Waals surface area contributed by atoms with Gasteiger partial charge < -0.3 is 15.5 Å². The molecule has 0 aromatic carbocycles. The third-order valence-corrected chi connectivity index (χ3v) is 2.34. The lowest BCUT2D eigenvalue weighted by atomic mass is 10.1. The minimum atomic E-state index is 0.234. The third-order valence-electron chi connectivity index (χ3n) is 2.34. The highest BCUT2D eigenvalue weighted by Crippen LogP contribution is 2.00. The van der Waals surface area contributed by atoms with Crippen molar-refractivity contribution in [2.75, 3.05) is 33.2 Å². The van der Waals surface area contributed by atoms with Crippen molar-refractivity contribution in [2.45, 2.75) is 32.4 Å². The minimum absolute atomic E-state index is 0.234. The van der Waals surface area contributed by atoms with E-state index in [9.17, 15) is 0 Å². The van der Waals surface area contributed by atoms with E-state index in [1.54, 1.807) is 0 Å². The number of nitrogens with one attached hydrogen (secondary N) is 2. The van der Waals surface area contributed by atoms with Gasteiger partial charge in [0.25, 0.3) is 0 Å². The smallest absolute Gasteiger partial charge is 0.0320 e. The van der Waals surface area contributed by atoms with E-state index in [1.807, 2.05) is 0 Å². The van der Waals surface area contributed by atoms with Crippen molar-refractivity contribution >= 4 is 0 Å². The fraction of sp³-hybridized carbons (Fsp3) is 1.00. The molecule has 0 aromatic heterocycles. The first kappa shape index (κ1) is 11.0. The van der Waals surface area contributed by atoms with E-state index in [0.717, 1.165) is 19.6 Å². The topological polar surface area (TPSA) is 27.3 Å². The Kier molecular flexibility index (Phi) is 3.71. The lowest BCUT2D eigenvalue weighted by Gasteiger charge is -2.33. The van der Waals surface area contributed by atoms with Crippen LogP contribution in [-0.4, -0.2) is 49.7 Å². The summed E-state index contributed by atoms with van der Waals surface area (Å²) in [6.07, 6.45) is 0. The average Bonchev–Trinajstić information content (AvgIpc) is 2.00. The van der Waals surface area contributed by atoms with E-state index in [-0.39, 0.29) is 5.54 Å². The number of likely N-dealkylation sites (N-methyl/N-ethyl adjacent to an activating group) is 1. The van der Waals surface area contributed by atoms with Gasteiger partial charge in [-0.2, -0.15) is 0 Å². The van der Waals surface area contributed by atoms with Crippen molar-refractivity contribution < 1.29 is 0 Å². The largest absolute Gasteiger partial charge is 0.310 e. The van der Waals surface area contributed by atoms with Crippen LogP contribution in [0.3, 0.4) is 0 Å². The predicted molar refractivity (Wildman–Crippen MR) is 57.0 cm³/mol. The zero-order valence-corrected chi connectivity index (χ0v) is 9.35. The van der Waals surface area contributed by atoms with Gasteiger partial charge in [0.2, 0.25) is 0 Å². The molecule has 0 radical (unpaired) electrons. The van der Waals surface area contributed by atoms with E-state index in [2.05, 4.69) is 43.4 Å². The zero-order valence-electron chi connectivity index (χ0n) is 9.35. The molecular formula is C10H23N3. The summed E-state index contributed by atoms with van der Waals surface area (Å²) in [6.45, 7) is 11.1. The Hall–Kier alpha value is -0.120. The maximum atomic E-state index is 3.52. The fourth-order valence-electron chi connectivity index (χ4n) is 1.56. The van der Waals surface area contributed by atoms with Gasteiger partial charge in [-0.25, -0.2) is 0 Å². The Morgan fingerprint density at radius 1 is 1.46 bits per heavy atom. The summed E-state index contributed by atoms with van der Waals surface area (Å²) in [5, 5.41) is 7.04. The van der Waals surface area contributed by atoms with Gasteiger partial charge in [0.15, 0.2) is 0 Å². The molecule has 1 aliphatic heterocycles. The van der Waals surface area contributed by atoms with E-state index in [1.165, 1.54) is 6.54 Å². The summed E-state index contributed by atoms with van der Waals surface area (Å²) < 4.78 is 0. The Labute approximate surface area is 81.9 Å². The van der Waals surface area contributed by atoms with Crippen molar-refractivity contribution in [2.24, 2.45) is 0 Å². The van der Waals surface area contributed by atoms with Crippen molar-refractivity contribution in [1.82, 2.24) is 15.5 Å². The molecule has 1 saturated heterocycles. The van der Waals surface area contributed by atoms with E-state index < -0.39 is 0 Å². The van der Waals surface area contributed by atoms with Crippen LogP contribution in [0.2, 0.25) is 0 Å². The summed E-state index contributed by atoms with van der Waals surface area (Å²) in [7, 11) is 2.19. The van der Waals surface area contributed by atoms with Gasteiger partial charge in [0.1, 0.15) is 0 Å². The first-order valence-electron chi connectivity index (χ1n) is 5.14. The van der Waals surface area contributed by atoms with E-state index in [0.29, 0.717) is 6.04 Å². The standard InChI is InChI=1S/C10H23N3/c1-10(2,3)12-7-9-8-13(4)6-5-11-9/h9,11-12H,5-8H2,1-4H3. The molecule has 0 aliphatic carbocycles. The molecule has 2 N–H and O–H groups in total. The van der Waals surface area contributed by atoms with Crippen LogP contribution >= 0.6 is 0 Å². The number of nitrogens with zero attached hydrogens (tertiary/aromatic N) is 1. The van der Waals surface area contributed by atoms with Crippen molar-refractivity contribution in [3.05, 3.63) is 0 Å². The molecular weight excluding hydrogens is 162 g/mol. The SMILES string of the molecule is CN1CCNC(CNC(C)(C)C)C1. The summed E-state index contributed by atoms with van der Waals surface area (Å²) in [6, 6.07) is 0.609. The molecule has 1 atom stereocenters. The van der Waals surface area contributed by atoms with Gasteiger partial charge >= 0.3 is 0 Å². The average molecular weight is 185 g/mol. The van der Waals surface area contributed by atoms with Crippen molar-refractivity contribution in [1.29, 1.82) is 0 Å². The Morgan fingerprint density at radius 2 is 2.15 bits per heavy atom. The van der Waals surface area contributed by atoms with Crippen molar-refractivity contribution in [3.63, 3.8) is 0 Å². The highest BCUT2D eigenvalue weighted by Gasteiger charge is 2.18. The van der Waals surface area contributed by atoms with Gasteiger partial charge in [-0.15, -0.1) is 0 Å². The van der Waals surface area contributed by atoms with Crippen LogP contribution in [0.4, 0.5) is 0 Å². The van der Waals surface area contributed by atoms with Crippen LogP contribution in [0, 0.1) is 0 Å². The predicted octanol–water partition coefficient (Wildman–Crippen LogP) is 0.278. The lowest BCUT2D eigenvalue weighted by Crippen LogP contribution is -2.55. The first-order valence-corrected chi connectivity index (χ1v) is 5.14. The molecule has 0 bridgehead atoms. The van der Waals surface area contributed by atoms with Crippen LogP contribution in [0.5, 0.6) is 0 Å². The molecule has 1 aliphatic rings. The molecule has 78 valence electrons. The minimum Gasteiger partial charge on any atom is -0.310 e. The molecule has 1 fully saturated rings. The monoisotopic (exact) mass is 185 g/mol. The lowest BCUT2D eigenvalue weighted by molar-refractivity contribution is 0.226. The van der Waals surface area contributed by atoms with Crippen LogP contribution < -0.4 is 10.6 Å². The summed E-state index contributed by atoms with van der Waals surface area (Å²) in [5.41, 5.74) is 0.234. The number of piperazine rings is 1. The second-order valence-corrected chi connectivity index (χ2v) is 5.04. The molecule has 1 heterocycles. The van der Waals surface area contributed by atoms with Gasteiger partial charge in [-0.1, -0.05) is 0 Å². The fourth-order valence-corrected chi connectivity index (χ4v) is 1.56. The molecule has 0 saturated carbocycles. The molecule has 0 spiro atoms. The van der Waals surface area contributed by atoms with Gasteiger partial charge in [-0.3, -0.25) is 0 Å². The second kappa shape index (κ2) is 4.40. The molecule has 0 amide bonds. The van der Waals surface area contributed by atoms with E-state index >= 15 is 0 Å². The number of hydrogen-bond donors (Lipinski definition) is 2. The van der Waals surface area contributed by atoms with Crippen LogP contribution in [0.15, 0.2) is 0 Å². The molecule has 1 rings (SSSR count). The quantitative estimate of drug-likeness (QED) is 0.647. The maximum Gasteiger partial charge on any atom is 0.0320 e. The number of hydrogen-bond acceptors (Lipinski definition) is 3. The Balaban J connectivity index is 2.21. The van der Waals surface area contributed by atoms with Gasteiger partial charge in [0.05, 0.1) is 0 Å². The molecule has 0 aromatic rings. The molecule has 3 heteroatoms. The molecule has 1 unspecified atom stereocenters. The normalized spacial score (nSPS) is 26.3. The second-order valence-electron chi connectivity index (χ2n) is 5.04. The summed E-state index contributed by atoms with van der Waals surface area (Å²) >= 11 is 0. The zero-order chi connectivity index (χ0) is 9.90.